The molecule has 0 fully saturated rings. The smallest absolute Gasteiger partial charge is 0.307 e. The molecule has 0 aliphatic rings. The third kappa shape index (κ3) is 2.90. The van der Waals surface area contributed by atoms with Crippen LogP contribution in [0.25, 0.3) is 11.1 Å². The number of rotatable bonds is 4. The van der Waals surface area contributed by atoms with E-state index in [-0.39, 0.29) is 18.3 Å². The Morgan fingerprint density at radius 1 is 1.32 bits per heavy atom. The lowest BCUT2D eigenvalue weighted by molar-refractivity contribution is -0.136. The summed E-state index contributed by atoms with van der Waals surface area (Å²) in [5.41, 5.74) is 3.14. The molecule has 2 aromatic carbocycles. The standard InChI is InChI=1S/C16H13FN2O3/c1-9-2-4-11(17)8-13(9)19-16-18-12-5-3-10(7-15(20)21)6-14(12)22-16/h2-6,8H,7H2,1H3,(H,18,19)(H,20,21). The molecule has 5 nitrogen and oxygen atoms in total. The molecule has 0 unspecified atom stereocenters. The third-order valence-corrected chi connectivity index (χ3v) is 3.25. The SMILES string of the molecule is Cc1ccc(F)cc1Nc1nc2ccc(CC(=O)O)cc2o1. The number of carboxylic acid groups (broad SMARTS) is 1. The molecule has 112 valence electrons. The molecule has 1 heterocycles. The van der Waals surface area contributed by atoms with Crippen LogP contribution < -0.4 is 5.32 Å². The summed E-state index contributed by atoms with van der Waals surface area (Å²) < 4.78 is 18.8. The molecule has 0 radical (unpaired) electrons. The predicted molar refractivity (Wildman–Crippen MR) is 79.8 cm³/mol. The number of aryl methyl sites for hydroxylation is 1. The molecule has 0 aliphatic carbocycles. The number of fused-ring (bicyclic) bond motifs is 1. The number of carboxylic acids is 1. The van der Waals surface area contributed by atoms with E-state index in [2.05, 4.69) is 10.3 Å². The maximum atomic E-state index is 13.3. The van der Waals surface area contributed by atoms with Gasteiger partial charge in [-0.15, -0.1) is 0 Å². The van der Waals surface area contributed by atoms with Crippen molar-refractivity contribution in [1.29, 1.82) is 0 Å². The van der Waals surface area contributed by atoms with Gasteiger partial charge in [-0.1, -0.05) is 12.1 Å². The highest BCUT2D eigenvalue weighted by atomic mass is 19.1. The van der Waals surface area contributed by atoms with Crippen molar-refractivity contribution in [1.82, 2.24) is 4.98 Å². The van der Waals surface area contributed by atoms with Crippen molar-refractivity contribution in [3.8, 4) is 0 Å². The van der Waals surface area contributed by atoms with Crippen molar-refractivity contribution < 1.29 is 18.7 Å². The Bertz CT molecular complexity index is 858. The lowest BCUT2D eigenvalue weighted by Gasteiger charge is -2.05. The van der Waals surface area contributed by atoms with Crippen LogP contribution in [0, 0.1) is 12.7 Å². The fraction of sp³-hybridized carbons (Fsp3) is 0.125. The predicted octanol–water partition coefficient (Wildman–Crippen LogP) is 3.65. The Hall–Kier alpha value is -2.89. The van der Waals surface area contributed by atoms with E-state index < -0.39 is 5.97 Å². The molecule has 0 atom stereocenters. The van der Waals surface area contributed by atoms with Crippen molar-refractivity contribution in [3.05, 3.63) is 53.3 Å². The Balaban J connectivity index is 1.91. The van der Waals surface area contributed by atoms with Gasteiger partial charge < -0.3 is 14.8 Å². The van der Waals surface area contributed by atoms with Gasteiger partial charge in [0.15, 0.2) is 5.58 Å². The summed E-state index contributed by atoms with van der Waals surface area (Å²) in [4.78, 5) is 15.0. The molecular formula is C16H13FN2O3. The average molecular weight is 300 g/mol. The van der Waals surface area contributed by atoms with Crippen LogP contribution in [0.5, 0.6) is 0 Å². The lowest BCUT2D eigenvalue weighted by Crippen LogP contribution is -1.99. The number of carbonyl (C=O) groups is 1. The molecule has 3 aromatic rings. The lowest BCUT2D eigenvalue weighted by atomic mass is 10.1. The number of nitrogens with zero attached hydrogens (tertiary/aromatic N) is 1. The van der Waals surface area contributed by atoms with E-state index in [1.165, 1.54) is 12.1 Å². The molecule has 0 aliphatic heterocycles. The Morgan fingerprint density at radius 3 is 2.91 bits per heavy atom. The first-order valence-electron chi connectivity index (χ1n) is 6.66. The molecule has 3 rings (SSSR count). The second kappa shape index (κ2) is 5.48. The van der Waals surface area contributed by atoms with Crippen molar-refractivity contribution in [3.63, 3.8) is 0 Å². The minimum atomic E-state index is -0.910. The normalized spacial score (nSPS) is 10.8. The van der Waals surface area contributed by atoms with Crippen LogP contribution in [-0.2, 0) is 11.2 Å². The van der Waals surface area contributed by atoms with Crippen LogP contribution in [0.3, 0.4) is 0 Å². The minimum Gasteiger partial charge on any atom is -0.481 e. The molecular weight excluding hydrogens is 287 g/mol. The monoisotopic (exact) mass is 300 g/mol. The van der Waals surface area contributed by atoms with Crippen molar-refractivity contribution in [2.75, 3.05) is 5.32 Å². The maximum absolute atomic E-state index is 13.3. The van der Waals surface area contributed by atoms with Gasteiger partial charge in [-0.25, -0.2) is 4.39 Å². The second-order valence-corrected chi connectivity index (χ2v) is 4.98. The zero-order chi connectivity index (χ0) is 15.7. The zero-order valence-corrected chi connectivity index (χ0v) is 11.8. The highest BCUT2D eigenvalue weighted by Gasteiger charge is 2.10. The van der Waals surface area contributed by atoms with Crippen LogP contribution in [0.1, 0.15) is 11.1 Å². The molecule has 6 heteroatoms. The van der Waals surface area contributed by atoms with E-state index >= 15 is 0 Å². The van der Waals surface area contributed by atoms with Crippen LogP contribution >= 0.6 is 0 Å². The summed E-state index contributed by atoms with van der Waals surface area (Å²) in [6, 6.07) is 9.66. The Kier molecular flexibility index (Phi) is 3.50. The van der Waals surface area contributed by atoms with Crippen LogP contribution in [0.2, 0.25) is 0 Å². The average Bonchev–Trinajstić information content (AvgIpc) is 2.84. The molecule has 22 heavy (non-hydrogen) atoms. The van der Waals surface area contributed by atoms with Gasteiger partial charge in [-0.3, -0.25) is 4.79 Å². The summed E-state index contributed by atoms with van der Waals surface area (Å²) in [5, 5.41) is 11.7. The van der Waals surface area contributed by atoms with Crippen LogP contribution in [-0.4, -0.2) is 16.1 Å². The number of benzene rings is 2. The zero-order valence-electron chi connectivity index (χ0n) is 11.8. The van der Waals surface area contributed by atoms with Gasteiger partial charge in [0.1, 0.15) is 11.3 Å². The number of nitrogens with one attached hydrogen (secondary N) is 1. The molecule has 2 N–H and O–H groups in total. The van der Waals surface area contributed by atoms with Gasteiger partial charge in [0.25, 0.3) is 6.01 Å². The minimum absolute atomic E-state index is 0.0809. The first-order chi connectivity index (χ1) is 10.5. The van der Waals surface area contributed by atoms with E-state index in [0.29, 0.717) is 22.4 Å². The van der Waals surface area contributed by atoms with E-state index in [1.54, 1.807) is 24.3 Å². The first kappa shape index (κ1) is 14.1. The second-order valence-electron chi connectivity index (χ2n) is 4.98. The van der Waals surface area contributed by atoms with Gasteiger partial charge in [0.05, 0.1) is 6.42 Å². The molecule has 0 saturated heterocycles. The van der Waals surface area contributed by atoms with Crippen LogP contribution in [0.4, 0.5) is 16.1 Å². The molecule has 0 saturated carbocycles. The summed E-state index contributed by atoms with van der Waals surface area (Å²) in [5.74, 6) is -1.26. The fourth-order valence-electron chi connectivity index (χ4n) is 2.15. The Morgan fingerprint density at radius 2 is 2.14 bits per heavy atom. The largest absolute Gasteiger partial charge is 0.481 e. The summed E-state index contributed by atoms with van der Waals surface area (Å²) in [6.07, 6.45) is -0.0809. The molecule has 0 bridgehead atoms. The number of halogens is 1. The summed E-state index contributed by atoms with van der Waals surface area (Å²) in [7, 11) is 0. The van der Waals surface area contributed by atoms with Crippen molar-refractivity contribution >= 4 is 28.8 Å². The van der Waals surface area contributed by atoms with Gasteiger partial charge in [-0.2, -0.15) is 4.98 Å². The van der Waals surface area contributed by atoms with E-state index in [9.17, 15) is 9.18 Å². The topological polar surface area (TPSA) is 75.4 Å². The van der Waals surface area contributed by atoms with E-state index in [0.717, 1.165) is 5.56 Å². The van der Waals surface area contributed by atoms with E-state index in [1.807, 2.05) is 6.92 Å². The number of hydrogen-bond acceptors (Lipinski definition) is 4. The highest BCUT2D eigenvalue weighted by molar-refractivity contribution is 5.78. The molecule has 0 amide bonds. The van der Waals surface area contributed by atoms with Crippen molar-refractivity contribution in [2.24, 2.45) is 0 Å². The highest BCUT2D eigenvalue weighted by Crippen LogP contribution is 2.25. The number of aromatic nitrogens is 1. The van der Waals surface area contributed by atoms with Crippen LogP contribution in [0.15, 0.2) is 40.8 Å². The van der Waals surface area contributed by atoms with Gasteiger partial charge in [0, 0.05) is 5.69 Å². The number of hydrogen-bond donors (Lipinski definition) is 2. The van der Waals surface area contributed by atoms with E-state index in [4.69, 9.17) is 9.52 Å². The molecule has 1 aromatic heterocycles. The summed E-state index contributed by atoms with van der Waals surface area (Å²) in [6.45, 7) is 1.84. The molecule has 0 spiro atoms. The number of oxazole rings is 1. The first-order valence-corrected chi connectivity index (χ1v) is 6.66. The number of aliphatic carboxylic acids is 1. The van der Waals surface area contributed by atoms with Gasteiger partial charge in [-0.05, 0) is 42.3 Å². The summed E-state index contributed by atoms with van der Waals surface area (Å²) >= 11 is 0. The Labute approximate surface area is 125 Å². The quantitative estimate of drug-likeness (QED) is 0.769. The maximum Gasteiger partial charge on any atom is 0.307 e. The van der Waals surface area contributed by atoms with Crippen molar-refractivity contribution in [2.45, 2.75) is 13.3 Å². The van der Waals surface area contributed by atoms with Gasteiger partial charge >= 0.3 is 5.97 Å². The number of anilines is 2. The third-order valence-electron chi connectivity index (χ3n) is 3.25. The fourth-order valence-corrected chi connectivity index (χ4v) is 2.15. The van der Waals surface area contributed by atoms with Gasteiger partial charge in [0.2, 0.25) is 0 Å².